The largest absolute Gasteiger partial charge is 0.455 e. The highest BCUT2D eigenvalue weighted by Crippen LogP contribution is 2.39. The van der Waals surface area contributed by atoms with Gasteiger partial charge in [-0.15, -0.1) is 0 Å². The number of fused-ring (bicyclic) bond motifs is 3. The molecule has 0 bridgehead atoms. The van der Waals surface area contributed by atoms with Gasteiger partial charge in [-0.1, -0.05) is 69.3 Å². The monoisotopic (exact) mass is 517 g/mol. The lowest BCUT2D eigenvalue weighted by atomic mass is 9.87. The van der Waals surface area contributed by atoms with E-state index in [-0.39, 0.29) is 5.41 Å². The van der Waals surface area contributed by atoms with Crippen LogP contribution in [0.25, 0.3) is 27.5 Å². The van der Waals surface area contributed by atoms with Crippen LogP contribution in [0.4, 0.5) is 0 Å². The molecule has 0 fully saturated rings. The second kappa shape index (κ2) is 7.72. The Balaban J connectivity index is 1.76. The van der Waals surface area contributed by atoms with Crippen LogP contribution in [0, 0.1) is 3.57 Å². The average molecular weight is 517 g/mol. The zero-order valence-electron chi connectivity index (χ0n) is 17.9. The number of benzene rings is 4. The van der Waals surface area contributed by atoms with Gasteiger partial charge in [-0.3, -0.25) is 0 Å². The molecule has 4 aromatic carbocycles. The van der Waals surface area contributed by atoms with Gasteiger partial charge in [-0.05, 0) is 76.0 Å². The van der Waals surface area contributed by atoms with E-state index < -0.39 is 0 Å². The van der Waals surface area contributed by atoms with E-state index in [2.05, 4.69) is 139 Å². The molecule has 0 radical (unpaired) electrons. The van der Waals surface area contributed by atoms with E-state index in [1.807, 2.05) is 0 Å². The summed E-state index contributed by atoms with van der Waals surface area (Å²) in [5, 5.41) is 2.42. The van der Waals surface area contributed by atoms with Crippen molar-refractivity contribution in [3.05, 3.63) is 100 Å². The molecule has 0 saturated carbocycles. The second-order valence-electron chi connectivity index (χ2n) is 8.87. The Morgan fingerprint density at radius 2 is 1.45 bits per heavy atom. The number of nitrogens with zero attached hydrogens (tertiary/aromatic N) is 1. The molecule has 0 saturated heterocycles. The minimum atomic E-state index is 0.0598. The molecule has 5 rings (SSSR count). The first-order valence-corrected chi connectivity index (χ1v) is 11.6. The number of aromatic nitrogens is 1. The summed E-state index contributed by atoms with van der Waals surface area (Å²) in [6.45, 7) is 6.70. The topological polar surface area (TPSA) is 14.2 Å². The van der Waals surface area contributed by atoms with E-state index in [4.69, 9.17) is 4.74 Å². The van der Waals surface area contributed by atoms with Crippen molar-refractivity contribution in [2.75, 3.05) is 0 Å². The third-order valence-corrected chi connectivity index (χ3v) is 6.26. The van der Waals surface area contributed by atoms with Crippen LogP contribution in [0.1, 0.15) is 26.3 Å². The average Bonchev–Trinajstić information content (AvgIpc) is 3.09. The Labute approximate surface area is 196 Å². The van der Waals surface area contributed by atoms with Crippen LogP contribution in [0.3, 0.4) is 0 Å². The van der Waals surface area contributed by atoms with Crippen molar-refractivity contribution in [1.29, 1.82) is 0 Å². The van der Waals surface area contributed by atoms with Crippen molar-refractivity contribution >= 4 is 44.4 Å². The predicted octanol–water partition coefficient (Wildman–Crippen LogP) is 8.48. The number of hydrogen-bond acceptors (Lipinski definition) is 1. The molecule has 0 amide bonds. The molecule has 0 spiro atoms. The van der Waals surface area contributed by atoms with Gasteiger partial charge >= 0.3 is 0 Å². The van der Waals surface area contributed by atoms with Gasteiger partial charge < -0.3 is 9.30 Å². The van der Waals surface area contributed by atoms with Crippen molar-refractivity contribution in [2.24, 2.45) is 0 Å². The van der Waals surface area contributed by atoms with Gasteiger partial charge in [0, 0.05) is 20.0 Å². The summed E-state index contributed by atoms with van der Waals surface area (Å²) in [5.41, 5.74) is 4.72. The minimum Gasteiger partial charge on any atom is -0.455 e. The van der Waals surface area contributed by atoms with Crippen molar-refractivity contribution in [3.8, 4) is 17.2 Å². The predicted molar refractivity (Wildman–Crippen MR) is 139 cm³/mol. The highest BCUT2D eigenvalue weighted by molar-refractivity contribution is 14.1. The zero-order valence-corrected chi connectivity index (χ0v) is 20.1. The van der Waals surface area contributed by atoms with Gasteiger partial charge in [-0.2, -0.15) is 0 Å². The Morgan fingerprint density at radius 3 is 2.23 bits per heavy atom. The number of ether oxygens (including phenoxy) is 1. The van der Waals surface area contributed by atoms with Crippen molar-refractivity contribution in [3.63, 3.8) is 0 Å². The van der Waals surface area contributed by atoms with Crippen LogP contribution in [-0.4, -0.2) is 4.57 Å². The molecule has 5 aromatic rings. The van der Waals surface area contributed by atoms with Gasteiger partial charge in [0.2, 0.25) is 0 Å². The molecule has 0 aliphatic rings. The SMILES string of the molecule is CC(C)(C)c1cc(I)cc(Oc2cccc3c4ccccc4n(-c4ccccc4)c23)c1. The minimum absolute atomic E-state index is 0.0598. The molecule has 154 valence electrons. The summed E-state index contributed by atoms with van der Waals surface area (Å²) in [6.07, 6.45) is 0. The molecular formula is C28H24INO. The van der Waals surface area contributed by atoms with Gasteiger partial charge in [0.15, 0.2) is 5.75 Å². The third-order valence-electron chi connectivity index (χ3n) is 5.64. The van der Waals surface area contributed by atoms with E-state index in [1.165, 1.54) is 25.4 Å². The van der Waals surface area contributed by atoms with E-state index >= 15 is 0 Å². The lowest BCUT2D eigenvalue weighted by Crippen LogP contribution is -2.11. The van der Waals surface area contributed by atoms with Gasteiger partial charge in [0.1, 0.15) is 5.75 Å². The molecule has 1 aromatic heterocycles. The fraction of sp³-hybridized carbons (Fsp3) is 0.143. The van der Waals surface area contributed by atoms with Crippen LogP contribution in [-0.2, 0) is 5.41 Å². The second-order valence-corrected chi connectivity index (χ2v) is 10.1. The van der Waals surface area contributed by atoms with E-state index in [1.54, 1.807) is 0 Å². The Morgan fingerprint density at radius 1 is 0.742 bits per heavy atom. The van der Waals surface area contributed by atoms with Crippen LogP contribution in [0.15, 0.2) is 91.0 Å². The van der Waals surface area contributed by atoms with Crippen LogP contribution in [0.5, 0.6) is 11.5 Å². The smallest absolute Gasteiger partial charge is 0.152 e. The maximum Gasteiger partial charge on any atom is 0.152 e. The normalized spacial score (nSPS) is 11.9. The van der Waals surface area contributed by atoms with Crippen LogP contribution in [0.2, 0.25) is 0 Å². The summed E-state index contributed by atoms with van der Waals surface area (Å²) in [4.78, 5) is 0. The molecule has 3 heteroatoms. The molecule has 0 aliphatic heterocycles. The quantitative estimate of drug-likeness (QED) is 0.219. The number of para-hydroxylation sites is 3. The number of rotatable bonds is 3. The highest BCUT2D eigenvalue weighted by atomic mass is 127. The Hall–Kier alpha value is -2.79. The zero-order chi connectivity index (χ0) is 21.6. The Bertz CT molecular complexity index is 1390. The summed E-state index contributed by atoms with van der Waals surface area (Å²) in [5.74, 6) is 1.73. The van der Waals surface area contributed by atoms with Crippen molar-refractivity contribution in [2.45, 2.75) is 26.2 Å². The molecule has 31 heavy (non-hydrogen) atoms. The lowest BCUT2D eigenvalue weighted by Gasteiger charge is -2.20. The summed E-state index contributed by atoms with van der Waals surface area (Å²) in [6, 6.07) is 31.9. The molecule has 0 N–H and O–H groups in total. The highest BCUT2D eigenvalue weighted by Gasteiger charge is 2.18. The summed E-state index contributed by atoms with van der Waals surface area (Å²) in [7, 11) is 0. The van der Waals surface area contributed by atoms with E-state index in [9.17, 15) is 0 Å². The van der Waals surface area contributed by atoms with Crippen molar-refractivity contribution in [1.82, 2.24) is 4.57 Å². The molecule has 0 aliphatic carbocycles. The summed E-state index contributed by atoms with van der Waals surface area (Å²) >= 11 is 2.37. The number of halogens is 1. The number of hydrogen-bond donors (Lipinski definition) is 0. The van der Waals surface area contributed by atoms with Gasteiger partial charge in [0.05, 0.1) is 11.0 Å². The maximum atomic E-state index is 6.57. The van der Waals surface area contributed by atoms with Gasteiger partial charge in [0.25, 0.3) is 0 Å². The van der Waals surface area contributed by atoms with Crippen molar-refractivity contribution < 1.29 is 4.74 Å². The molecular weight excluding hydrogens is 493 g/mol. The molecule has 0 atom stereocenters. The van der Waals surface area contributed by atoms with E-state index in [0.717, 1.165) is 22.7 Å². The first-order chi connectivity index (χ1) is 14.9. The first kappa shape index (κ1) is 20.1. The molecule has 0 unspecified atom stereocenters. The maximum absolute atomic E-state index is 6.57. The van der Waals surface area contributed by atoms with Crippen LogP contribution < -0.4 is 4.74 Å². The van der Waals surface area contributed by atoms with E-state index in [0.29, 0.717) is 0 Å². The third kappa shape index (κ3) is 3.72. The molecule has 2 nitrogen and oxygen atoms in total. The fourth-order valence-corrected chi connectivity index (χ4v) is 4.74. The lowest BCUT2D eigenvalue weighted by molar-refractivity contribution is 0.482. The fourth-order valence-electron chi connectivity index (χ4n) is 4.10. The standard InChI is InChI=1S/C28H24INO/c1-28(2,3)19-16-20(29)18-22(17-19)31-26-15-9-13-24-23-12-7-8-14-25(23)30(27(24)26)21-10-5-4-6-11-21/h4-18H,1-3H3. The summed E-state index contributed by atoms with van der Waals surface area (Å²) < 4.78 is 10.1. The molecule has 1 heterocycles. The first-order valence-electron chi connectivity index (χ1n) is 10.5. The van der Waals surface area contributed by atoms with Crippen LogP contribution >= 0.6 is 22.6 Å². The Kier molecular flexibility index (Phi) is 5.01. The van der Waals surface area contributed by atoms with Gasteiger partial charge in [-0.25, -0.2) is 0 Å².